The van der Waals surface area contributed by atoms with Crippen LogP contribution in [0.5, 0.6) is 0 Å². The van der Waals surface area contributed by atoms with Crippen LogP contribution in [0.25, 0.3) is 5.69 Å². The van der Waals surface area contributed by atoms with Gasteiger partial charge in [-0.05, 0) is 18.2 Å². The van der Waals surface area contributed by atoms with E-state index in [1.54, 1.807) is 6.07 Å². The number of aromatic nitrogens is 1. The van der Waals surface area contributed by atoms with E-state index < -0.39 is 23.4 Å². The highest BCUT2D eigenvalue weighted by Crippen LogP contribution is 2.37. The number of carbonyl (C=O) groups is 1. The number of nitrogens with two attached hydrogens (primary N) is 1. The summed E-state index contributed by atoms with van der Waals surface area (Å²) >= 11 is 5.63. The maximum atomic E-state index is 13.2. The van der Waals surface area contributed by atoms with E-state index in [0.717, 1.165) is 30.0 Å². The predicted octanol–water partition coefficient (Wildman–Crippen LogP) is 3.39. The van der Waals surface area contributed by atoms with Crippen LogP contribution >= 0.6 is 11.6 Å². The number of halogens is 4. The van der Waals surface area contributed by atoms with E-state index >= 15 is 0 Å². The minimum atomic E-state index is -4.72. The number of nitrogen functional groups attached to an aromatic ring is 1. The zero-order valence-electron chi connectivity index (χ0n) is 11.6. The molecule has 0 bridgehead atoms. The van der Waals surface area contributed by atoms with E-state index in [0.29, 0.717) is 0 Å². The van der Waals surface area contributed by atoms with Crippen molar-refractivity contribution in [1.29, 1.82) is 5.26 Å². The highest BCUT2D eigenvalue weighted by molar-refractivity contribution is 6.30. The van der Waals surface area contributed by atoms with Gasteiger partial charge in [0.2, 0.25) is 0 Å². The molecule has 1 aromatic heterocycles. The Bertz CT molecular complexity index is 822. The summed E-state index contributed by atoms with van der Waals surface area (Å²) in [5.41, 5.74) is 3.43. The van der Waals surface area contributed by atoms with Crippen LogP contribution in [0.1, 0.15) is 21.6 Å². The lowest BCUT2D eigenvalue weighted by Crippen LogP contribution is -2.15. The molecule has 0 saturated heterocycles. The van der Waals surface area contributed by atoms with Crippen LogP contribution in [0.3, 0.4) is 0 Å². The Morgan fingerprint density at radius 3 is 2.61 bits per heavy atom. The Kier molecular flexibility index (Phi) is 4.25. The number of nitriles is 1. The average Bonchev–Trinajstić information content (AvgIpc) is 2.82. The number of ether oxygens (including phenoxy) is 1. The number of rotatable bonds is 2. The molecular formula is C14H9ClF3N3O2. The Morgan fingerprint density at radius 2 is 2.09 bits per heavy atom. The summed E-state index contributed by atoms with van der Waals surface area (Å²) in [4.78, 5) is 11.8. The quantitative estimate of drug-likeness (QED) is 0.847. The largest absolute Gasteiger partial charge is 0.464 e. The number of esters is 1. The first-order valence-corrected chi connectivity index (χ1v) is 6.44. The van der Waals surface area contributed by atoms with Crippen LogP contribution in [0, 0.1) is 11.3 Å². The fourth-order valence-electron chi connectivity index (χ4n) is 2.05. The molecule has 0 aliphatic carbocycles. The van der Waals surface area contributed by atoms with Gasteiger partial charge in [-0.25, -0.2) is 4.79 Å². The molecule has 120 valence electrons. The molecule has 2 rings (SSSR count). The Labute approximate surface area is 133 Å². The summed E-state index contributed by atoms with van der Waals surface area (Å²) in [7, 11) is 1.05. The van der Waals surface area contributed by atoms with Gasteiger partial charge in [0.1, 0.15) is 6.07 Å². The number of methoxy groups -OCH3 is 1. The molecule has 0 atom stereocenters. The lowest BCUT2D eigenvalue weighted by Gasteiger charge is -2.16. The van der Waals surface area contributed by atoms with Crippen molar-refractivity contribution in [3.8, 4) is 11.8 Å². The number of hydrogen-bond donors (Lipinski definition) is 1. The summed E-state index contributed by atoms with van der Waals surface area (Å²) in [5.74, 6) is -0.966. The number of nitrogens with zero attached hydrogens (tertiary/aromatic N) is 2. The number of hydrogen-bond acceptors (Lipinski definition) is 4. The molecule has 23 heavy (non-hydrogen) atoms. The lowest BCUT2D eigenvalue weighted by molar-refractivity contribution is -0.137. The molecule has 1 heterocycles. The second kappa shape index (κ2) is 5.85. The zero-order valence-corrected chi connectivity index (χ0v) is 12.4. The van der Waals surface area contributed by atoms with Gasteiger partial charge in [-0.15, -0.1) is 0 Å². The van der Waals surface area contributed by atoms with Gasteiger partial charge in [0.05, 0.1) is 29.6 Å². The van der Waals surface area contributed by atoms with Crippen LogP contribution in [-0.4, -0.2) is 17.6 Å². The van der Waals surface area contributed by atoms with Crippen molar-refractivity contribution in [2.75, 3.05) is 12.8 Å². The van der Waals surface area contributed by atoms with Gasteiger partial charge in [0.15, 0.2) is 5.69 Å². The second-order valence-corrected chi connectivity index (χ2v) is 4.87. The van der Waals surface area contributed by atoms with Crippen molar-refractivity contribution in [1.82, 2.24) is 4.57 Å². The maximum absolute atomic E-state index is 13.2. The standard InChI is InChI=1S/C14H9ClF3N3O2/c1-23-13(22)12-11(20)7(5-19)6-21(12)10-3-2-8(15)4-9(10)14(16,17)18/h2-4,6H,20H2,1H3. The fraction of sp³-hybridized carbons (Fsp3) is 0.143. The highest BCUT2D eigenvalue weighted by Gasteiger charge is 2.35. The fourth-order valence-corrected chi connectivity index (χ4v) is 2.22. The molecule has 9 heteroatoms. The van der Waals surface area contributed by atoms with Gasteiger partial charge in [0.25, 0.3) is 0 Å². The van der Waals surface area contributed by atoms with E-state index in [4.69, 9.17) is 22.6 Å². The molecule has 5 nitrogen and oxygen atoms in total. The molecule has 0 fully saturated rings. The molecule has 2 N–H and O–H groups in total. The summed E-state index contributed by atoms with van der Waals surface area (Å²) in [6, 6.07) is 4.75. The van der Waals surface area contributed by atoms with Gasteiger partial charge in [-0.3, -0.25) is 0 Å². The topological polar surface area (TPSA) is 81.0 Å². The molecule has 0 amide bonds. The van der Waals surface area contributed by atoms with Crippen LogP contribution in [0.2, 0.25) is 5.02 Å². The van der Waals surface area contributed by atoms with Crippen molar-refractivity contribution >= 4 is 23.3 Å². The van der Waals surface area contributed by atoms with Gasteiger partial charge < -0.3 is 15.0 Å². The van der Waals surface area contributed by atoms with E-state index in [1.165, 1.54) is 6.07 Å². The minimum Gasteiger partial charge on any atom is -0.464 e. The first-order valence-electron chi connectivity index (χ1n) is 6.07. The normalized spacial score (nSPS) is 11.1. The smallest absolute Gasteiger partial charge is 0.418 e. The Hall–Kier alpha value is -2.66. The first kappa shape index (κ1) is 16.7. The van der Waals surface area contributed by atoms with Crippen LogP contribution in [-0.2, 0) is 10.9 Å². The molecule has 0 radical (unpaired) electrons. The number of anilines is 1. The van der Waals surface area contributed by atoms with E-state index in [2.05, 4.69) is 4.74 Å². The van der Waals surface area contributed by atoms with Crippen molar-refractivity contribution in [3.63, 3.8) is 0 Å². The first-order chi connectivity index (χ1) is 10.7. The van der Waals surface area contributed by atoms with E-state index in [9.17, 15) is 18.0 Å². The van der Waals surface area contributed by atoms with Crippen molar-refractivity contribution in [2.24, 2.45) is 0 Å². The summed E-state index contributed by atoms with van der Waals surface area (Å²) < 4.78 is 45.1. The molecule has 0 unspecified atom stereocenters. The molecule has 0 aliphatic rings. The van der Waals surface area contributed by atoms with Crippen LogP contribution < -0.4 is 5.73 Å². The summed E-state index contributed by atoms with van der Waals surface area (Å²) in [6.45, 7) is 0. The van der Waals surface area contributed by atoms with E-state index in [-0.39, 0.29) is 22.0 Å². The second-order valence-electron chi connectivity index (χ2n) is 4.44. The number of alkyl halides is 3. The molecule has 0 aliphatic heterocycles. The van der Waals surface area contributed by atoms with Crippen molar-refractivity contribution < 1.29 is 22.7 Å². The van der Waals surface area contributed by atoms with Gasteiger partial charge >= 0.3 is 12.1 Å². The number of carbonyl (C=O) groups excluding carboxylic acids is 1. The van der Waals surface area contributed by atoms with Gasteiger partial charge in [0, 0.05) is 11.2 Å². The molecule has 1 aromatic carbocycles. The number of benzene rings is 1. The van der Waals surface area contributed by atoms with Gasteiger partial charge in [-0.1, -0.05) is 11.6 Å². The SMILES string of the molecule is COC(=O)c1c(N)c(C#N)cn1-c1ccc(Cl)cc1C(F)(F)F. The third-order valence-corrected chi connectivity index (χ3v) is 3.30. The molecule has 2 aromatic rings. The molecule has 0 saturated carbocycles. The average molecular weight is 344 g/mol. The zero-order chi connectivity index (χ0) is 17.4. The maximum Gasteiger partial charge on any atom is 0.418 e. The van der Waals surface area contributed by atoms with E-state index in [1.807, 2.05) is 0 Å². The Balaban J connectivity index is 2.83. The van der Waals surface area contributed by atoms with Crippen LogP contribution in [0.15, 0.2) is 24.4 Å². The van der Waals surface area contributed by atoms with Crippen LogP contribution in [0.4, 0.5) is 18.9 Å². The Morgan fingerprint density at radius 1 is 1.43 bits per heavy atom. The van der Waals surface area contributed by atoms with Crippen molar-refractivity contribution in [2.45, 2.75) is 6.18 Å². The summed E-state index contributed by atoms with van der Waals surface area (Å²) in [6.07, 6.45) is -3.68. The molecule has 0 spiro atoms. The predicted molar refractivity (Wildman–Crippen MR) is 76.2 cm³/mol. The van der Waals surface area contributed by atoms with Crippen molar-refractivity contribution in [3.05, 3.63) is 46.2 Å². The molecular weight excluding hydrogens is 335 g/mol. The van der Waals surface area contributed by atoms with Gasteiger partial charge in [-0.2, -0.15) is 18.4 Å². The minimum absolute atomic E-state index is 0.124. The monoisotopic (exact) mass is 343 g/mol. The summed E-state index contributed by atoms with van der Waals surface area (Å²) in [5, 5.41) is 8.87. The highest BCUT2D eigenvalue weighted by atomic mass is 35.5. The lowest BCUT2D eigenvalue weighted by atomic mass is 10.1. The third kappa shape index (κ3) is 2.96. The third-order valence-electron chi connectivity index (χ3n) is 3.07.